The van der Waals surface area contributed by atoms with Gasteiger partial charge in [0.05, 0.1) is 0 Å². The normalized spacial score (nSPS) is 11.1. The van der Waals surface area contributed by atoms with Crippen LogP contribution < -0.4 is 0 Å². The molecule has 0 bridgehead atoms. The Balaban J connectivity index is 3.58. The molecule has 1 nitrogen and oxygen atoms in total. The number of rotatable bonds is 4. The summed E-state index contributed by atoms with van der Waals surface area (Å²) >= 11 is -0.788. The molecule has 0 aliphatic heterocycles. The van der Waals surface area contributed by atoms with Crippen molar-refractivity contribution in [3.8, 4) is 0 Å². The van der Waals surface area contributed by atoms with Crippen LogP contribution in [0.15, 0.2) is 0 Å². The molecule has 0 aromatic rings. The van der Waals surface area contributed by atoms with Crippen molar-refractivity contribution in [3.63, 3.8) is 0 Å². The molecule has 0 spiro atoms. The second-order valence-electron chi connectivity index (χ2n) is 1.91. The first-order valence-electron chi connectivity index (χ1n) is 3.64. The van der Waals surface area contributed by atoms with Crippen molar-refractivity contribution in [2.45, 2.75) is 6.92 Å². The zero-order valence-corrected chi connectivity index (χ0v) is 7.80. The molecule has 11 heavy (non-hydrogen) atoms. The fraction of sp³-hybridized carbons (Fsp3) is 1.00. The molecule has 0 aliphatic rings. The first kappa shape index (κ1) is 11.8. The van der Waals surface area contributed by atoms with E-state index in [1.807, 2.05) is 41.4 Å². The van der Waals surface area contributed by atoms with Crippen LogP contribution >= 0.6 is 0 Å². The Hall–Kier alpha value is 0.765. The minimum absolute atomic E-state index is 0.688. The SMILES string of the molecule is BB=BB=BB=B[S+]([O-])CC. The van der Waals surface area contributed by atoms with Crippen LogP contribution in [0, 0.1) is 0 Å². The molecule has 0 aromatic carbocycles. The summed E-state index contributed by atoms with van der Waals surface area (Å²) < 4.78 is 10.8. The summed E-state index contributed by atoms with van der Waals surface area (Å²) in [6, 6.07) is 0. The average Bonchev–Trinajstić information content (AvgIpc) is 2.04. The van der Waals surface area contributed by atoms with E-state index in [2.05, 4.69) is 0 Å². The number of hydrogen-bond donors (Lipinski definition) is 0. The second kappa shape index (κ2) is 8.86. The second-order valence-corrected chi connectivity index (χ2v) is 3.52. The third-order valence-corrected chi connectivity index (χ3v) is 2.07. The van der Waals surface area contributed by atoms with Gasteiger partial charge in [-0.25, -0.2) is 0 Å². The van der Waals surface area contributed by atoms with E-state index in [1.165, 1.54) is 0 Å². The monoisotopic (exact) mass is 156 g/mol. The quantitative estimate of drug-likeness (QED) is 0.313. The molecular weight excluding hydrogens is 148 g/mol. The van der Waals surface area contributed by atoms with Gasteiger partial charge >= 0.3 is 75.5 Å². The van der Waals surface area contributed by atoms with Gasteiger partial charge in [0.25, 0.3) is 0 Å². The van der Waals surface area contributed by atoms with Gasteiger partial charge in [0, 0.05) is 0 Å². The van der Waals surface area contributed by atoms with Gasteiger partial charge in [-0.05, 0) is 0 Å². The van der Waals surface area contributed by atoms with E-state index in [0.717, 1.165) is 0 Å². The van der Waals surface area contributed by atoms with E-state index in [-0.39, 0.29) is 0 Å². The first-order chi connectivity index (χ1) is 5.31. The van der Waals surface area contributed by atoms with Crippen LogP contribution in [0.5, 0.6) is 0 Å². The third kappa shape index (κ3) is 8.67. The van der Waals surface area contributed by atoms with Crippen molar-refractivity contribution in [1.29, 1.82) is 0 Å². The van der Waals surface area contributed by atoms with Gasteiger partial charge in [0.1, 0.15) is 0 Å². The van der Waals surface area contributed by atoms with Gasteiger partial charge < -0.3 is 0 Å². The van der Waals surface area contributed by atoms with E-state index in [4.69, 9.17) is 0 Å². The fourth-order valence-corrected chi connectivity index (χ4v) is 0.927. The Kier molecular flexibility index (Phi) is 9.47. The molecule has 0 aliphatic carbocycles. The standard InChI is InChI=1S/C2H7B7OS/c1-2-11(10)9-8-7-6-5-4-3/h2-3H2,1H3. The third-order valence-electron chi connectivity index (χ3n) is 1.04. The van der Waals surface area contributed by atoms with Crippen LogP contribution in [0.3, 0.4) is 0 Å². The van der Waals surface area contributed by atoms with Crippen LogP contribution in [0.1, 0.15) is 6.92 Å². The van der Waals surface area contributed by atoms with Crippen LogP contribution in [-0.2, 0) is 11.0 Å². The maximum atomic E-state index is 10.8. The molecule has 0 saturated carbocycles. The van der Waals surface area contributed by atoms with E-state index in [0.29, 0.717) is 5.75 Å². The summed E-state index contributed by atoms with van der Waals surface area (Å²) in [4.78, 5) is 0. The van der Waals surface area contributed by atoms with Crippen LogP contribution in [0.25, 0.3) is 0 Å². The first-order valence-corrected chi connectivity index (χ1v) is 5.02. The van der Waals surface area contributed by atoms with Gasteiger partial charge in [-0.1, -0.05) is 0 Å². The predicted octanol–water partition coefficient (Wildman–Crippen LogP) is -2.98. The topological polar surface area (TPSA) is 23.1 Å². The van der Waals surface area contributed by atoms with Gasteiger partial charge in [0.2, 0.25) is 0 Å². The summed E-state index contributed by atoms with van der Waals surface area (Å²) in [5.74, 6) is 0.688. The molecule has 0 aromatic heterocycles. The Bertz CT molecular complexity index is 166. The average molecular weight is 155 g/mol. The van der Waals surface area contributed by atoms with Crippen molar-refractivity contribution in [2.24, 2.45) is 0 Å². The molecule has 0 heterocycles. The van der Waals surface area contributed by atoms with Gasteiger partial charge in [0.15, 0.2) is 0 Å². The maximum absolute atomic E-state index is 10.8. The van der Waals surface area contributed by atoms with E-state index in [1.54, 1.807) is 12.8 Å². The van der Waals surface area contributed by atoms with Crippen LogP contribution in [0.2, 0.25) is 0 Å². The van der Waals surface area contributed by atoms with Crippen LogP contribution in [0.4, 0.5) is 0 Å². The zero-order chi connectivity index (χ0) is 8.53. The minimum atomic E-state index is -0.788. The molecule has 0 N–H and O–H groups in total. The molecule has 1 atom stereocenters. The number of hydrogen-bond acceptors (Lipinski definition) is 1. The van der Waals surface area contributed by atoms with E-state index in [9.17, 15) is 4.55 Å². The fourth-order valence-electron chi connectivity index (χ4n) is 0.469. The van der Waals surface area contributed by atoms with E-state index < -0.39 is 11.0 Å². The summed E-state index contributed by atoms with van der Waals surface area (Å²) in [7, 11) is 1.96. The Morgan fingerprint density at radius 2 is 1.91 bits per heavy atom. The van der Waals surface area contributed by atoms with Crippen LogP contribution in [-0.4, -0.2) is 57.6 Å². The molecule has 0 rings (SSSR count). The molecule has 0 saturated heterocycles. The predicted molar refractivity (Wildman–Crippen MR) is 61.8 cm³/mol. The summed E-state index contributed by atoms with van der Waals surface area (Å²) in [5, 5.41) is 0. The summed E-state index contributed by atoms with van der Waals surface area (Å²) in [6.07, 6.45) is 1.69. The molecule has 48 valence electrons. The molecule has 9 heteroatoms. The zero-order valence-electron chi connectivity index (χ0n) is 6.99. The van der Waals surface area contributed by atoms with Crippen molar-refractivity contribution < 1.29 is 4.55 Å². The van der Waals surface area contributed by atoms with Gasteiger partial charge in [-0.2, -0.15) is 0 Å². The molecule has 1 unspecified atom stereocenters. The molecular formula is C2H7B7OS. The van der Waals surface area contributed by atoms with Crippen molar-refractivity contribution in [1.82, 2.24) is 0 Å². The van der Waals surface area contributed by atoms with Crippen molar-refractivity contribution >= 4 is 58.3 Å². The molecule has 0 radical (unpaired) electrons. The Labute approximate surface area is 75.9 Å². The Morgan fingerprint density at radius 1 is 1.27 bits per heavy atom. The Morgan fingerprint density at radius 3 is 2.45 bits per heavy atom. The van der Waals surface area contributed by atoms with Crippen molar-refractivity contribution in [3.05, 3.63) is 0 Å². The van der Waals surface area contributed by atoms with E-state index >= 15 is 0 Å². The summed E-state index contributed by atoms with van der Waals surface area (Å²) in [6.45, 7) is 11.4. The summed E-state index contributed by atoms with van der Waals surface area (Å²) in [5.41, 5.74) is 0. The van der Waals surface area contributed by atoms with Crippen molar-refractivity contribution in [2.75, 3.05) is 5.75 Å². The molecule has 0 amide bonds. The molecule has 0 fully saturated rings. The van der Waals surface area contributed by atoms with Gasteiger partial charge in [-0.3, -0.25) is 0 Å². The van der Waals surface area contributed by atoms with Gasteiger partial charge in [-0.15, -0.1) is 0 Å².